The largest absolute Gasteiger partial charge is 0.382 e. The predicted octanol–water partition coefficient (Wildman–Crippen LogP) is 0.493. The third-order valence-electron chi connectivity index (χ3n) is 3.09. The van der Waals surface area contributed by atoms with E-state index in [1.54, 1.807) is 16.9 Å². The number of amides is 1. The van der Waals surface area contributed by atoms with Crippen LogP contribution in [0.2, 0.25) is 0 Å². The molecule has 1 aromatic rings. The minimum absolute atomic E-state index is 0.0718. The number of rotatable bonds is 4. The summed E-state index contributed by atoms with van der Waals surface area (Å²) in [4.78, 5) is 13.9. The molecule has 1 amide bonds. The number of piperidine rings is 1. The second kappa shape index (κ2) is 5.86. The number of carbonyl (C=O) groups is 1. The Bertz CT molecular complexity index is 403. The van der Waals surface area contributed by atoms with Crippen LogP contribution >= 0.6 is 0 Å². The van der Waals surface area contributed by atoms with Gasteiger partial charge in [-0.1, -0.05) is 0 Å². The van der Waals surface area contributed by atoms with Crippen molar-refractivity contribution in [2.24, 2.45) is 0 Å². The number of likely N-dealkylation sites (tertiary alicyclic amines) is 1. The normalized spacial score (nSPS) is 20.1. The van der Waals surface area contributed by atoms with Gasteiger partial charge in [-0.3, -0.25) is 9.48 Å². The van der Waals surface area contributed by atoms with Crippen molar-refractivity contribution < 1.29 is 9.53 Å². The summed E-state index contributed by atoms with van der Waals surface area (Å²) in [5.41, 5.74) is 5.52. The maximum Gasteiger partial charge on any atom is 0.244 e. The first-order valence-electron chi connectivity index (χ1n) is 6.37. The van der Waals surface area contributed by atoms with E-state index in [2.05, 4.69) is 5.10 Å². The molecule has 6 heteroatoms. The van der Waals surface area contributed by atoms with Gasteiger partial charge in [0.2, 0.25) is 5.91 Å². The molecule has 0 saturated carbocycles. The first-order valence-corrected chi connectivity index (χ1v) is 6.37. The highest BCUT2D eigenvalue weighted by atomic mass is 16.5. The van der Waals surface area contributed by atoms with Gasteiger partial charge in [-0.25, -0.2) is 0 Å². The summed E-state index contributed by atoms with van der Waals surface area (Å²) in [6, 6.07) is 1.69. The Labute approximate surface area is 107 Å². The summed E-state index contributed by atoms with van der Waals surface area (Å²) < 4.78 is 7.15. The lowest BCUT2D eigenvalue weighted by atomic mass is 10.1. The monoisotopic (exact) mass is 252 g/mol. The lowest BCUT2D eigenvalue weighted by Crippen LogP contribution is -2.44. The molecule has 1 aromatic heterocycles. The highest BCUT2D eigenvalue weighted by molar-refractivity contribution is 5.76. The van der Waals surface area contributed by atoms with E-state index in [4.69, 9.17) is 10.5 Å². The van der Waals surface area contributed by atoms with Gasteiger partial charge in [-0.15, -0.1) is 0 Å². The van der Waals surface area contributed by atoms with Crippen LogP contribution in [-0.4, -0.2) is 46.4 Å². The molecule has 1 atom stereocenters. The average molecular weight is 252 g/mol. The number of nitrogen functional groups attached to an aromatic ring is 1. The number of aromatic nitrogens is 2. The SMILES string of the molecule is CCOC1CCCN(C(=O)Cn2ccc(N)n2)C1. The zero-order chi connectivity index (χ0) is 13.0. The second-order valence-electron chi connectivity index (χ2n) is 4.50. The first kappa shape index (κ1) is 12.9. The highest BCUT2D eigenvalue weighted by Gasteiger charge is 2.23. The number of hydrogen-bond donors (Lipinski definition) is 1. The van der Waals surface area contributed by atoms with Gasteiger partial charge in [0, 0.05) is 25.9 Å². The van der Waals surface area contributed by atoms with Gasteiger partial charge in [-0.2, -0.15) is 5.10 Å². The van der Waals surface area contributed by atoms with Gasteiger partial charge in [0.05, 0.1) is 6.10 Å². The number of nitrogens with zero attached hydrogens (tertiary/aromatic N) is 3. The van der Waals surface area contributed by atoms with Crippen LogP contribution in [0.5, 0.6) is 0 Å². The van der Waals surface area contributed by atoms with Crippen LogP contribution in [0.3, 0.4) is 0 Å². The van der Waals surface area contributed by atoms with E-state index >= 15 is 0 Å². The fourth-order valence-electron chi connectivity index (χ4n) is 2.24. The standard InChI is InChI=1S/C12H20N4O2/c1-2-18-10-4-3-6-15(8-10)12(17)9-16-7-5-11(13)14-16/h5,7,10H,2-4,6,8-9H2,1H3,(H2,13,14). The zero-order valence-electron chi connectivity index (χ0n) is 10.7. The van der Waals surface area contributed by atoms with Crippen molar-refractivity contribution in [1.29, 1.82) is 0 Å². The van der Waals surface area contributed by atoms with E-state index in [9.17, 15) is 4.79 Å². The molecule has 1 unspecified atom stereocenters. The molecule has 0 spiro atoms. The molecule has 2 heterocycles. The molecule has 1 aliphatic heterocycles. The van der Waals surface area contributed by atoms with Crippen LogP contribution in [0.4, 0.5) is 5.82 Å². The van der Waals surface area contributed by atoms with Crippen molar-refractivity contribution in [3.63, 3.8) is 0 Å². The lowest BCUT2D eigenvalue weighted by molar-refractivity contribution is -0.136. The molecule has 1 saturated heterocycles. The molecule has 6 nitrogen and oxygen atoms in total. The molecule has 1 aliphatic rings. The molecule has 0 aliphatic carbocycles. The number of nitrogens with two attached hydrogens (primary N) is 1. The molecule has 100 valence electrons. The minimum atomic E-state index is 0.0718. The third-order valence-corrected chi connectivity index (χ3v) is 3.09. The number of ether oxygens (including phenoxy) is 1. The third kappa shape index (κ3) is 3.22. The maximum atomic E-state index is 12.1. The Morgan fingerprint density at radius 1 is 1.67 bits per heavy atom. The maximum absolute atomic E-state index is 12.1. The summed E-state index contributed by atoms with van der Waals surface area (Å²) in [7, 11) is 0. The number of hydrogen-bond acceptors (Lipinski definition) is 4. The summed E-state index contributed by atoms with van der Waals surface area (Å²) in [5.74, 6) is 0.510. The van der Waals surface area contributed by atoms with Gasteiger partial charge in [0.15, 0.2) is 0 Å². The smallest absolute Gasteiger partial charge is 0.244 e. The van der Waals surface area contributed by atoms with E-state index < -0.39 is 0 Å². The first-order chi connectivity index (χ1) is 8.69. The van der Waals surface area contributed by atoms with Crippen molar-refractivity contribution in [2.75, 3.05) is 25.4 Å². The van der Waals surface area contributed by atoms with Gasteiger partial charge in [-0.05, 0) is 25.8 Å². The average Bonchev–Trinajstić information content (AvgIpc) is 2.75. The summed E-state index contributed by atoms with van der Waals surface area (Å²) in [6.07, 6.45) is 3.93. The Morgan fingerprint density at radius 3 is 3.17 bits per heavy atom. The van der Waals surface area contributed by atoms with Crippen LogP contribution in [-0.2, 0) is 16.1 Å². The minimum Gasteiger partial charge on any atom is -0.382 e. The van der Waals surface area contributed by atoms with E-state index in [1.165, 1.54) is 0 Å². The zero-order valence-corrected chi connectivity index (χ0v) is 10.7. The van der Waals surface area contributed by atoms with Crippen LogP contribution in [0.25, 0.3) is 0 Å². The Hall–Kier alpha value is -1.56. The molecule has 2 N–H and O–H groups in total. The Morgan fingerprint density at radius 2 is 2.50 bits per heavy atom. The molecule has 18 heavy (non-hydrogen) atoms. The molecule has 0 bridgehead atoms. The summed E-state index contributed by atoms with van der Waals surface area (Å²) >= 11 is 0. The highest BCUT2D eigenvalue weighted by Crippen LogP contribution is 2.13. The van der Waals surface area contributed by atoms with Crippen LogP contribution < -0.4 is 5.73 Å². The Balaban J connectivity index is 1.88. The van der Waals surface area contributed by atoms with E-state index in [-0.39, 0.29) is 18.6 Å². The number of carbonyl (C=O) groups excluding carboxylic acids is 1. The topological polar surface area (TPSA) is 73.4 Å². The fraction of sp³-hybridized carbons (Fsp3) is 0.667. The van der Waals surface area contributed by atoms with Gasteiger partial charge >= 0.3 is 0 Å². The van der Waals surface area contributed by atoms with Crippen molar-refractivity contribution in [1.82, 2.24) is 14.7 Å². The Kier molecular flexibility index (Phi) is 4.19. The quantitative estimate of drug-likeness (QED) is 0.846. The fourth-order valence-corrected chi connectivity index (χ4v) is 2.24. The molecular formula is C12H20N4O2. The van der Waals surface area contributed by atoms with Gasteiger partial charge < -0.3 is 15.4 Å². The van der Waals surface area contributed by atoms with Crippen LogP contribution in [0.1, 0.15) is 19.8 Å². The number of anilines is 1. The molecule has 1 fully saturated rings. The van der Waals surface area contributed by atoms with E-state index in [1.807, 2.05) is 11.8 Å². The van der Waals surface area contributed by atoms with Crippen molar-refractivity contribution in [3.8, 4) is 0 Å². The van der Waals surface area contributed by atoms with Gasteiger partial charge in [0.1, 0.15) is 12.4 Å². The van der Waals surface area contributed by atoms with E-state index in [0.29, 0.717) is 19.0 Å². The molecule has 0 radical (unpaired) electrons. The molecule has 0 aromatic carbocycles. The van der Waals surface area contributed by atoms with Crippen molar-refractivity contribution in [2.45, 2.75) is 32.4 Å². The van der Waals surface area contributed by atoms with Crippen molar-refractivity contribution in [3.05, 3.63) is 12.3 Å². The predicted molar refractivity (Wildman–Crippen MR) is 67.9 cm³/mol. The van der Waals surface area contributed by atoms with Crippen LogP contribution in [0.15, 0.2) is 12.3 Å². The van der Waals surface area contributed by atoms with Crippen molar-refractivity contribution >= 4 is 11.7 Å². The summed E-state index contributed by atoms with van der Waals surface area (Å²) in [6.45, 7) is 4.41. The lowest BCUT2D eigenvalue weighted by Gasteiger charge is -2.32. The molecular weight excluding hydrogens is 232 g/mol. The van der Waals surface area contributed by atoms with Crippen LogP contribution in [0, 0.1) is 0 Å². The second-order valence-corrected chi connectivity index (χ2v) is 4.50. The molecule has 2 rings (SSSR count). The van der Waals surface area contributed by atoms with E-state index in [0.717, 1.165) is 19.4 Å². The van der Waals surface area contributed by atoms with Gasteiger partial charge in [0.25, 0.3) is 0 Å². The summed E-state index contributed by atoms with van der Waals surface area (Å²) in [5, 5.41) is 4.02.